The first kappa shape index (κ1) is 15.4. The Balaban J connectivity index is 1.64. The van der Waals surface area contributed by atoms with Gasteiger partial charge in [0.1, 0.15) is 23.1 Å². The number of para-hydroxylation sites is 1. The fourth-order valence-electron chi connectivity index (χ4n) is 3.90. The lowest BCUT2D eigenvalue weighted by Gasteiger charge is -2.35. The van der Waals surface area contributed by atoms with Gasteiger partial charge < -0.3 is 20.9 Å². The van der Waals surface area contributed by atoms with Gasteiger partial charge in [0.15, 0.2) is 0 Å². The van der Waals surface area contributed by atoms with E-state index < -0.39 is 12.0 Å². The molecule has 1 saturated carbocycles. The number of carbonyl (C=O) groups excluding carboxylic acids is 1. The van der Waals surface area contributed by atoms with Gasteiger partial charge in [-0.05, 0) is 49.9 Å². The highest BCUT2D eigenvalue weighted by molar-refractivity contribution is 5.94. The minimum Gasteiger partial charge on any atom is -0.485 e. The van der Waals surface area contributed by atoms with Crippen molar-refractivity contribution in [2.75, 3.05) is 13.1 Å². The number of nitrogens with zero attached hydrogens (tertiary/aromatic N) is 1. The SMILES string of the molecule is NC(=O)c1ccc2cccc(O[C@@H]3C[C@@H]4CNC[C@@H]4C[C@H]3O)c2n1. The number of amides is 1. The molecule has 126 valence electrons. The van der Waals surface area contributed by atoms with Gasteiger partial charge in [-0.25, -0.2) is 4.98 Å². The van der Waals surface area contributed by atoms with E-state index in [1.54, 1.807) is 6.07 Å². The quantitative estimate of drug-likeness (QED) is 0.783. The normalized spacial score (nSPS) is 29.4. The van der Waals surface area contributed by atoms with Crippen LogP contribution in [0.1, 0.15) is 23.3 Å². The van der Waals surface area contributed by atoms with Crippen LogP contribution in [0.3, 0.4) is 0 Å². The maximum Gasteiger partial charge on any atom is 0.267 e. The topological polar surface area (TPSA) is 97.5 Å². The first-order valence-corrected chi connectivity index (χ1v) is 8.37. The molecule has 0 unspecified atom stereocenters. The predicted molar refractivity (Wildman–Crippen MR) is 89.8 cm³/mol. The van der Waals surface area contributed by atoms with Crippen LogP contribution in [-0.2, 0) is 0 Å². The summed E-state index contributed by atoms with van der Waals surface area (Å²) in [6, 6.07) is 9.04. The summed E-state index contributed by atoms with van der Waals surface area (Å²) in [5.41, 5.74) is 6.15. The Morgan fingerprint density at radius 1 is 1.21 bits per heavy atom. The van der Waals surface area contributed by atoms with E-state index in [2.05, 4.69) is 10.3 Å². The number of aliphatic hydroxyl groups is 1. The number of nitrogens with one attached hydrogen (secondary N) is 1. The van der Waals surface area contributed by atoms with Gasteiger partial charge >= 0.3 is 0 Å². The van der Waals surface area contributed by atoms with Crippen LogP contribution in [0.2, 0.25) is 0 Å². The second-order valence-electron chi connectivity index (χ2n) is 6.76. The van der Waals surface area contributed by atoms with Crippen molar-refractivity contribution in [2.45, 2.75) is 25.0 Å². The van der Waals surface area contributed by atoms with Crippen molar-refractivity contribution in [3.8, 4) is 5.75 Å². The number of aliphatic hydroxyl groups excluding tert-OH is 1. The molecule has 6 heteroatoms. The number of hydrogen-bond acceptors (Lipinski definition) is 5. The number of carbonyl (C=O) groups is 1. The number of aromatic nitrogens is 1. The van der Waals surface area contributed by atoms with Crippen molar-refractivity contribution in [3.05, 3.63) is 36.0 Å². The zero-order valence-corrected chi connectivity index (χ0v) is 13.3. The van der Waals surface area contributed by atoms with Crippen LogP contribution in [0, 0.1) is 11.8 Å². The van der Waals surface area contributed by atoms with Gasteiger partial charge in [-0.3, -0.25) is 4.79 Å². The Morgan fingerprint density at radius 3 is 2.79 bits per heavy atom. The minimum absolute atomic E-state index is 0.211. The van der Waals surface area contributed by atoms with Gasteiger partial charge in [0, 0.05) is 5.39 Å². The second-order valence-corrected chi connectivity index (χ2v) is 6.76. The van der Waals surface area contributed by atoms with E-state index in [9.17, 15) is 9.90 Å². The summed E-state index contributed by atoms with van der Waals surface area (Å²) in [5, 5.41) is 14.7. The van der Waals surface area contributed by atoms with Crippen LogP contribution in [0.25, 0.3) is 10.9 Å². The van der Waals surface area contributed by atoms with Crippen molar-refractivity contribution < 1.29 is 14.6 Å². The van der Waals surface area contributed by atoms with Crippen LogP contribution in [0.5, 0.6) is 5.75 Å². The lowest BCUT2D eigenvalue weighted by atomic mass is 9.78. The van der Waals surface area contributed by atoms with E-state index in [1.165, 1.54) is 0 Å². The first-order valence-electron chi connectivity index (χ1n) is 8.37. The zero-order chi connectivity index (χ0) is 16.7. The molecule has 2 heterocycles. The lowest BCUT2D eigenvalue weighted by Crippen LogP contribution is -2.42. The highest BCUT2D eigenvalue weighted by atomic mass is 16.5. The van der Waals surface area contributed by atoms with Crippen molar-refractivity contribution >= 4 is 16.8 Å². The molecule has 1 aromatic heterocycles. The zero-order valence-electron chi connectivity index (χ0n) is 13.3. The molecule has 0 spiro atoms. The van der Waals surface area contributed by atoms with Crippen molar-refractivity contribution in [3.63, 3.8) is 0 Å². The largest absolute Gasteiger partial charge is 0.485 e. The summed E-state index contributed by atoms with van der Waals surface area (Å²) in [6.07, 6.45) is 0.842. The number of hydrogen-bond donors (Lipinski definition) is 3. The summed E-state index contributed by atoms with van der Waals surface area (Å²) < 4.78 is 6.13. The van der Waals surface area contributed by atoms with Crippen LogP contribution in [-0.4, -0.2) is 41.3 Å². The van der Waals surface area contributed by atoms with Gasteiger partial charge in [0.2, 0.25) is 0 Å². The fraction of sp³-hybridized carbons (Fsp3) is 0.444. The molecule has 2 fully saturated rings. The van der Waals surface area contributed by atoms with Crippen molar-refractivity contribution in [2.24, 2.45) is 17.6 Å². The molecule has 1 aliphatic heterocycles. The third kappa shape index (κ3) is 2.72. The van der Waals surface area contributed by atoms with Gasteiger partial charge in [0.05, 0.1) is 6.10 Å². The lowest BCUT2D eigenvalue weighted by molar-refractivity contribution is -0.0225. The minimum atomic E-state index is -0.565. The Bertz CT molecular complexity index is 779. The molecule has 4 N–H and O–H groups in total. The summed E-state index contributed by atoms with van der Waals surface area (Å²) in [7, 11) is 0. The van der Waals surface area contributed by atoms with E-state index in [0.29, 0.717) is 23.1 Å². The van der Waals surface area contributed by atoms with Gasteiger partial charge in [-0.2, -0.15) is 0 Å². The average molecular weight is 327 g/mol. The van der Waals surface area contributed by atoms with E-state index in [0.717, 1.165) is 31.3 Å². The van der Waals surface area contributed by atoms with Crippen LogP contribution in [0.4, 0.5) is 0 Å². The number of benzene rings is 1. The number of fused-ring (bicyclic) bond motifs is 2. The molecule has 1 saturated heterocycles. The molecule has 4 atom stereocenters. The standard InChI is InChI=1S/C18H21N3O3/c19-18(23)13-5-4-10-2-1-3-15(17(10)21-13)24-16-7-12-9-20-8-11(12)6-14(16)22/h1-5,11-12,14,16,20,22H,6-9H2,(H2,19,23)/t11-,12+,14+,16+/m0/s1. The van der Waals surface area contributed by atoms with Crippen molar-refractivity contribution in [1.29, 1.82) is 0 Å². The molecule has 1 aliphatic carbocycles. The van der Waals surface area contributed by atoms with Crippen LogP contribution >= 0.6 is 0 Å². The molecule has 1 amide bonds. The fourth-order valence-corrected chi connectivity index (χ4v) is 3.90. The van der Waals surface area contributed by atoms with Crippen molar-refractivity contribution in [1.82, 2.24) is 10.3 Å². The van der Waals surface area contributed by atoms with E-state index in [4.69, 9.17) is 10.5 Å². The number of nitrogens with two attached hydrogens (primary N) is 1. The average Bonchev–Trinajstić information content (AvgIpc) is 3.02. The molecular weight excluding hydrogens is 306 g/mol. The molecule has 4 rings (SSSR count). The van der Waals surface area contributed by atoms with Crippen LogP contribution in [0.15, 0.2) is 30.3 Å². The smallest absolute Gasteiger partial charge is 0.267 e. The highest BCUT2D eigenvalue weighted by Gasteiger charge is 2.40. The summed E-state index contributed by atoms with van der Waals surface area (Å²) in [6.45, 7) is 1.96. The molecule has 0 radical (unpaired) electrons. The van der Waals surface area contributed by atoms with Gasteiger partial charge in [-0.15, -0.1) is 0 Å². The number of ether oxygens (including phenoxy) is 1. The first-order chi connectivity index (χ1) is 11.6. The molecule has 0 bridgehead atoms. The van der Waals surface area contributed by atoms with Gasteiger partial charge in [0.25, 0.3) is 5.91 Å². The summed E-state index contributed by atoms with van der Waals surface area (Å²) >= 11 is 0. The van der Waals surface area contributed by atoms with E-state index in [-0.39, 0.29) is 11.8 Å². The Hall–Kier alpha value is -2.18. The second kappa shape index (κ2) is 6.03. The van der Waals surface area contributed by atoms with E-state index >= 15 is 0 Å². The molecular formula is C18H21N3O3. The Morgan fingerprint density at radius 2 is 2.00 bits per heavy atom. The third-order valence-electron chi connectivity index (χ3n) is 5.20. The molecule has 2 aromatic rings. The monoisotopic (exact) mass is 327 g/mol. The molecule has 6 nitrogen and oxygen atoms in total. The number of rotatable bonds is 3. The maximum absolute atomic E-state index is 11.4. The third-order valence-corrected chi connectivity index (χ3v) is 5.20. The molecule has 1 aromatic carbocycles. The summed E-state index contributed by atoms with van der Waals surface area (Å²) in [4.78, 5) is 15.7. The van der Waals surface area contributed by atoms with Crippen LogP contribution < -0.4 is 15.8 Å². The molecule has 2 aliphatic rings. The number of pyridine rings is 1. The Labute approximate surface area is 140 Å². The predicted octanol–water partition coefficient (Wildman–Crippen LogP) is 1.07. The Kier molecular flexibility index (Phi) is 3.86. The molecule has 24 heavy (non-hydrogen) atoms. The maximum atomic E-state index is 11.4. The van der Waals surface area contributed by atoms with E-state index in [1.807, 2.05) is 24.3 Å². The van der Waals surface area contributed by atoms with Gasteiger partial charge in [-0.1, -0.05) is 18.2 Å². The number of primary amides is 1. The highest BCUT2D eigenvalue weighted by Crippen LogP contribution is 2.36. The summed E-state index contributed by atoms with van der Waals surface area (Å²) in [5.74, 6) is 1.10.